The zero-order valence-corrected chi connectivity index (χ0v) is 30.3. The van der Waals surface area contributed by atoms with E-state index < -0.39 is 0 Å². The molecule has 5 nitrogen and oxygen atoms in total. The van der Waals surface area contributed by atoms with Crippen molar-refractivity contribution in [3.05, 3.63) is 205 Å². The van der Waals surface area contributed by atoms with Crippen LogP contribution in [0.2, 0.25) is 0 Å². The lowest BCUT2D eigenvalue weighted by Crippen LogP contribution is -2.30. The molecule has 2 aromatic heterocycles. The minimum absolute atomic E-state index is 0.0772. The number of hydrogen-bond acceptors (Lipinski definition) is 5. The van der Waals surface area contributed by atoms with Crippen molar-refractivity contribution in [1.82, 2.24) is 15.0 Å². The van der Waals surface area contributed by atoms with Crippen LogP contribution >= 0.6 is 0 Å². The van der Waals surface area contributed by atoms with E-state index in [-0.39, 0.29) is 12.0 Å². The van der Waals surface area contributed by atoms with Crippen LogP contribution < -0.4 is 4.90 Å². The first-order valence-electron chi connectivity index (χ1n) is 19.0. The highest BCUT2D eigenvalue weighted by Crippen LogP contribution is 2.54. The van der Waals surface area contributed by atoms with Gasteiger partial charge in [-0.05, 0) is 58.2 Å². The van der Waals surface area contributed by atoms with E-state index in [0.29, 0.717) is 17.5 Å². The van der Waals surface area contributed by atoms with E-state index in [0.717, 1.165) is 44.7 Å². The first-order chi connectivity index (χ1) is 27.8. The molecule has 2 atom stereocenters. The van der Waals surface area contributed by atoms with Crippen molar-refractivity contribution in [3.63, 3.8) is 0 Å². The molecule has 264 valence electrons. The third-order valence-corrected chi connectivity index (χ3v) is 11.1. The van der Waals surface area contributed by atoms with Crippen molar-refractivity contribution in [1.29, 1.82) is 0 Å². The standard InChI is InChI=1S/C51H34N4O/c1-4-13-33(14-5-1)35-23-25-38(26-24-35)50-52-49(37-17-8-3-9-18-37)53-51(54-50)42-21-12-20-41-47-45(56-48(41)42)32-31-44-46(47)40-19-10-11-22-43(40)55(44)39-29-27-36(28-30-39)34-15-6-2-7-16-34/h1-32,44,46H. The molecule has 9 aromatic rings. The lowest BCUT2D eigenvalue weighted by molar-refractivity contribution is 0.584. The van der Waals surface area contributed by atoms with Gasteiger partial charge in [-0.2, -0.15) is 0 Å². The molecule has 1 aliphatic heterocycles. The molecule has 1 aliphatic carbocycles. The topological polar surface area (TPSA) is 55.1 Å². The van der Waals surface area contributed by atoms with Crippen LogP contribution in [-0.4, -0.2) is 21.0 Å². The maximum absolute atomic E-state index is 6.86. The summed E-state index contributed by atoms with van der Waals surface area (Å²) in [6, 6.07) is 63.6. The third-order valence-electron chi connectivity index (χ3n) is 11.1. The van der Waals surface area contributed by atoms with Gasteiger partial charge in [-0.1, -0.05) is 164 Å². The highest BCUT2D eigenvalue weighted by molar-refractivity contribution is 5.97. The number of benzene rings is 7. The molecule has 0 fully saturated rings. The summed E-state index contributed by atoms with van der Waals surface area (Å²) in [6.07, 6.45) is 4.45. The van der Waals surface area contributed by atoms with E-state index >= 15 is 0 Å². The van der Waals surface area contributed by atoms with Gasteiger partial charge in [0.25, 0.3) is 0 Å². The Labute approximate surface area is 324 Å². The van der Waals surface area contributed by atoms with E-state index in [4.69, 9.17) is 19.4 Å². The van der Waals surface area contributed by atoms with Gasteiger partial charge < -0.3 is 9.32 Å². The molecule has 0 bridgehead atoms. The van der Waals surface area contributed by atoms with Gasteiger partial charge in [0.05, 0.1) is 11.6 Å². The second-order valence-corrected chi connectivity index (χ2v) is 14.3. The molecule has 0 radical (unpaired) electrons. The largest absolute Gasteiger partial charge is 0.456 e. The van der Waals surface area contributed by atoms with Crippen LogP contribution in [0.3, 0.4) is 0 Å². The van der Waals surface area contributed by atoms with Gasteiger partial charge >= 0.3 is 0 Å². The maximum Gasteiger partial charge on any atom is 0.167 e. The molecule has 56 heavy (non-hydrogen) atoms. The number of fused-ring (bicyclic) bond motifs is 7. The summed E-state index contributed by atoms with van der Waals surface area (Å²) < 4.78 is 6.86. The Morgan fingerprint density at radius 2 is 0.964 bits per heavy atom. The van der Waals surface area contributed by atoms with Gasteiger partial charge in [0, 0.05) is 39.4 Å². The summed E-state index contributed by atoms with van der Waals surface area (Å²) in [5.41, 5.74) is 13.0. The first kappa shape index (κ1) is 32.1. The van der Waals surface area contributed by atoms with Crippen LogP contribution in [0.4, 0.5) is 11.4 Å². The van der Waals surface area contributed by atoms with Crippen molar-refractivity contribution < 1.29 is 4.42 Å². The van der Waals surface area contributed by atoms with Gasteiger partial charge in [0.1, 0.15) is 11.3 Å². The molecule has 0 spiro atoms. The van der Waals surface area contributed by atoms with Crippen molar-refractivity contribution in [2.75, 3.05) is 4.90 Å². The Kier molecular flexibility index (Phi) is 7.56. The summed E-state index contributed by atoms with van der Waals surface area (Å²) in [7, 11) is 0. The fourth-order valence-corrected chi connectivity index (χ4v) is 8.49. The minimum Gasteiger partial charge on any atom is -0.456 e. The van der Waals surface area contributed by atoms with Crippen LogP contribution in [0.5, 0.6) is 0 Å². The van der Waals surface area contributed by atoms with Gasteiger partial charge in [0.2, 0.25) is 0 Å². The Bertz CT molecular complexity index is 2900. The monoisotopic (exact) mass is 718 g/mol. The normalized spacial score (nSPS) is 15.4. The van der Waals surface area contributed by atoms with Gasteiger partial charge in [0.15, 0.2) is 17.5 Å². The predicted molar refractivity (Wildman–Crippen MR) is 226 cm³/mol. The number of rotatable bonds is 6. The number of furan rings is 1. The fraction of sp³-hybridized carbons (Fsp3) is 0.0392. The van der Waals surface area contributed by atoms with Crippen LogP contribution in [0, 0.1) is 0 Å². The van der Waals surface area contributed by atoms with Crippen LogP contribution in [0.1, 0.15) is 22.8 Å². The Balaban J connectivity index is 1.02. The Morgan fingerprint density at radius 1 is 0.446 bits per heavy atom. The lowest BCUT2D eigenvalue weighted by atomic mass is 9.82. The quantitative estimate of drug-likeness (QED) is 0.171. The molecule has 11 rings (SSSR count). The van der Waals surface area contributed by atoms with Crippen molar-refractivity contribution in [2.45, 2.75) is 12.0 Å². The lowest BCUT2D eigenvalue weighted by Gasteiger charge is -2.30. The zero-order valence-electron chi connectivity index (χ0n) is 30.3. The average Bonchev–Trinajstić information content (AvgIpc) is 3.83. The number of para-hydroxylation sites is 2. The number of aromatic nitrogens is 3. The minimum atomic E-state index is 0.0772. The SMILES string of the molecule is C1=CC2C(c3ccccc3N2c2ccc(-c3ccccc3)cc2)c2c1oc1c(-c3nc(-c4ccccc4)nc(-c4ccc(-c5ccccc5)cc4)n3)cccc21. The predicted octanol–water partition coefficient (Wildman–Crippen LogP) is 12.6. The smallest absolute Gasteiger partial charge is 0.167 e. The van der Waals surface area contributed by atoms with Crippen molar-refractivity contribution in [2.24, 2.45) is 0 Å². The number of hydrogen-bond donors (Lipinski definition) is 0. The highest BCUT2D eigenvalue weighted by Gasteiger charge is 2.43. The van der Waals surface area contributed by atoms with Crippen molar-refractivity contribution in [3.8, 4) is 56.4 Å². The molecule has 0 amide bonds. The zero-order chi connectivity index (χ0) is 37.0. The summed E-state index contributed by atoms with van der Waals surface area (Å²) in [5.74, 6) is 2.75. The van der Waals surface area contributed by atoms with Gasteiger partial charge in [-0.15, -0.1) is 0 Å². The molecule has 0 saturated heterocycles. The number of nitrogens with zero attached hydrogens (tertiary/aromatic N) is 4. The summed E-state index contributed by atoms with van der Waals surface area (Å²) in [5, 5.41) is 1.07. The molecule has 3 heterocycles. The van der Waals surface area contributed by atoms with Crippen molar-refractivity contribution >= 4 is 28.4 Å². The molecular formula is C51H34N4O. The van der Waals surface area contributed by atoms with Gasteiger partial charge in [-0.3, -0.25) is 0 Å². The average molecular weight is 719 g/mol. The van der Waals surface area contributed by atoms with Gasteiger partial charge in [-0.25, -0.2) is 15.0 Å². The Hall–Kier alpha value is -7.37. The summed E-state index contributed by atoms with van der Waals surface area (Å²) in [4.78, 5) is 17.7. The second-order valence-electron chi connectivity index (χ2n) is 14.3. The summed E-state index contributed by atoms with van der Waals surface area (Å²) in [6.45, 7) is 0. The highest BCUT2D eigenvalue weighted by atomic mass is 16.3. The van der Waals surface area contributed by atoms with Crippen LogP contribution in [0.15, 0.2) is 192 Å². The maximum atomic E-state index is 6.86. The number of anilines is 2. The fourth-order valence-electron chi connectivity index (χ4n) is 8.49. The van der Waals surface area contributed by atoms with Crippen LogP contribution in [-0.2, 0) is 0 Å². The van der Waals surface area contributed by atoms with E-state index in [1.54, 1.807) is 0 Å². The van der Waals surface area contributed by atoms with Crippen LogP contribution in [0.25, 0.3) is 73.5 Å². The van der Waals surface area contributed by atoms with E-state index in [9.17, 15) is 0 Å². The second kappa shape index (κ2) is 13.2. The Morgan fingerprint density at radius 3 is 1.62 bits per heavy atom. The molecule has 5 heteroatoms. The van der Waals surface area contributed by atoms with E-state index in [1.807, 2.05) is 36.4 Å². The molecule has 0 saturated carbocycles. The molecule has 0 N–H and O–H groups in total. The third kappa shape index (κ3) is 5.36. The molecular weight excluding hydrogens is 685 g/mol. The summed E-state index contributed by atoms with van der Waals surface area (Å²) >= 11 is 0. The molecule has 7 aromatic carbocycles. The van der Waals surface area contributed by atoms with E-state index in [2.05, 4.69) is 163 Å². The van der Waals surface area contributed by atoms with E-state index in [1.165, 1.54) is 33.5 Å². The molecule has 2 unspecified atom stereocenters. The first-order valence-corrected chi connectivity index (χ1v) is 19.0. The molecule has 2 aliphatic rings.